The van der Waals surface area contributed by atoms with Crippen molar-refractivity contribution in [1.29, 1.82) is 0 Å². The Hall–Kier alpha value is -0.120. The van der Waals surface area contributed by atoms with Gasteiger partial charge in [-0.15, -0.1) is 0 Å². The number of likely N-dealkylation sites (N-methyl/N-ethyl adjacent to an activating group) is 1. The minimum absolute atomic E-state index is 0.452. The minimum atomic E-state index is 0.452. The van der Waals surface area contributed by atoms with Gasteiger partial charge in [0.2, 0.25) is 0 Å². The van der Waals surface area contributed by atoms with E-state index in [2.05, 4.69) is 24.1 Å². The molecular formula is C14H28N2O. The van der Waals surface area contributed by atoms with Crippen molar-refractivity contribution in [2.45, 2.75) is 51.7 Å². The Bertz CT molecular complexity index is 210. The molecule has 2 rings (SSSR count). The normalized spacial score (nSPS) is 26.6. The highest BCUT2D eigenvalue weighted by Gasteiger charge is 2.24. The van der Waals surface area contributed by atoms with Crippen molar-refractivity contribution in [2.24, 2.45) is 5.92 Å². The Kier molecular flexibility index (Phi) is 5.26. The summed E-state index contributed by atoms with van der Waals surface area (Å²) < 4.78 is 5.70. The van der Waals surface area contributed by atoms with Gasteiger partial charge in [0.15, 0.2) is 0 Å². The van der Waals surface area contributed by atoms with Crippen LogP contribution < -0.4 is 5.32 Å². The third kappa shape index (κ3) is 4.57. The lowest BCUT2D eigenvalue weighted by Gasteiger charge is -2.24. The van der Waals surface area contributed by atoms with Gasteiger partial charge in [-0.2, -0.15) is 0 Å². The average molecular weight is 240 g/mol. The van der Waals surface area contributed by atoms with Crippen LogP contribution >= 0.6 is 0 Å². The summed E-state index contributed by atoms with van der Waals surface area (Å²) in [7, 11) is 0. The molecule has 0 radical (unpaired) electrons. The molecule has 2 fully saturated rings. The van der Waals surface area contributed by atoms with E-state index in [-0.39, 0.29) is 0 Å². The smallest absolute Gasteiger partial charge is 0.0726 e. The van der Waals surface area contributed by atoms with E-state index >= 15 is 0 Å². The summed E-state index contributed by atoms with van der Waals surface area (Å²) in [6.45, 7) is 10.3. The second-order valence-corrected chi connectivity index (χ2v) is 5.63. The van der Waals surface area contributed by atoms with Gasteiger partial charge in [-0.25, -0.2) is 0 Å². The van der Waals surface area contributed by atoms with E-state index in [0.29, 0.717) is 12.1 Å². The molecule has 0 spiro atoms. The van der Waals surface area contributed by atoms with Gasteiger partial charge in [0.1, 0.15) is 0 Å². The van der Waals surface area contributed by atoms with E-state index in [1.54, 1.807) is 0 Å². The maximum Gasteiger partial charge on any atom is 0.0726 e. The zero-order valence-corrected chi connectivity index (χ0v) is 11.5. The molecule has 1 N–H and O–H groups in total. The Morgan fingerprint density at radius 2 is 2.18 bits per heavy atom. The number of hydrogen-bond donors (Lipinski definition) is 1. The van der Waals surface area contributed by atoms with E-state index in [9.17, 15) is 0 Å². The fourth-order valence-electron chi connectivity index (χ4n) is 2.62. The average Bonchev–Trinajstić information content (AvgIpc) is 2.97. The highest BCUT2D eigenvalue weighted by atomic mass is 16.5. The summed E-state index contributed by atoms with van der Waals surface area (Å²) in [6.07, 6.45) is 5.83. The Balaban J connectivity index is 1.56. The number of nitrogens with one attached hydrogen (secondary N) is 1. The molecule has 17 heavy (non-hydrogen) atoms. The van der Waals surface area contributed by atoms with Crippen LogP contribution in [0.3, 0.4) is 0 Å². The van der Waals surface area contributed by atoms with Crippen LogP contribution in [0.15, 0.2) is 0 Å². The summed E-state index contributed by atoms with van der Waals surface area (Å²) in [6, 6.07) is 0.511. The topological polar surface area (TPSA) is 24.5 Å². The van der Waals surface area contributed by atoms with Gasteiger partial charge in [0, 0.05) is 32.3 Å². The second kappa shape index (κ2) is 6.72. The van der Waals surface area contributed by atoms with E-state index < -0.39 is 0 Å². The summed E-state index contributed by atoms with van der Waals surface area (Å²) in [5.74, 6) is 1.01. The van der Waals surface area contributed by atoms with E-state index in [1.807, 2.05) is 0 Å². The van der Waals surface area contributed by atoms with Crippen LogP contribution in [-0.2, 0) is 4.74 Å². The molecule has 1 aliphatic carbocycles. The zero-order chi connectivity index (χ0) is 12.1. The Morgan fingerprint density at radius 1 is 1.35 bits per heavy atom. The summed E-state index contributed by atoms with van der Waals surface area (Å²) in [5, 5.41) is 3.62. The zero-order valence-electron chi connectivity index (χ0n) is 11.5. The maximum absolute atomic E-state index is 5.70. The quantitative estimate of drug-likeness (QED) is 0.701. The number of hydrogen-bond acceptors (Lipinski definition) is 3. The van der Waals surface area contributed by atoms with Crippen molar-refractivity contribution in [3.63, 3.8) is 0 Å². The molecule has 0 bridgehead atoms. The van der Waals surface area contributed by atoms with Gasteiger partial charge >= 0.3 is 0 Å². The van der Waals surface area contributed by atoms with Crippen LogP contribution in [-0.4, -0.2) is 49.8 Å². The first-order valence-electron chi connectivity index (χ1n) is 7.37. The van der Waals surface area contributed by atoms with Crippen LogP contribution in [0.25, 0.3) is 0 Å². The monoisotopic (exact) mass is 240 g/mol. The van der Waals surface area contributed by atoms with Crippen LogP contribution in [0.4, 0.5) is 0 Å². The third-order valence-electron chi connectivity index (χ3n) is 4.08. The molecule has 100 valence electrons. The van der Waals surface area contributed by atoms with Crippen molar-refractivity contribution in [3.8, 4) is 0 Å². The van der Waals surface area contributed by atoms with Crippen LogP contribution in [0.2, 0.25) is 0 Å². The van der Waals surface area contributed by atoms with Gasteiger partial charge < -0.3 is 15.0 Å². The van der Waals surface area contributed by atoms with Crippen LogP contribution in [0.5, 0.6) is 0 Å². The molecule has 3 nitrogen and oxygen atoms in total. The lowest BCUT2D eigenvalue weighted by atomic mass is 10.1. The lowest BCUT2D eigenvalue weighted by molar-refractivity contribution is 0.0826. The lowest BCUT2D eigenvalue weighted by Crippen LogP contribution is -2.41. The summed E-state index contributed by atoms with van der Waals surface area (Å²) in [4.78, 5) is 2.58. The molecular weight excluding hydrogens is 212 g/mol. The molecule has 0 aromatic rings. The van der Waals surface area contributed by atoms with E-state index in [0.717, 1.165) is 19.1 Å². The van der Waals surface area contributed by atoms with Crippen molar-refractivity contribution in [3.05, 3.63) is 0 Å². The fourth-order valence-corrected chi connectivity index (χ4v) is 2.62. The van der Waals surface area contributed by atoms with Gasteiger partial charge in [0.05, 0.1) is 6.10 Å². The first-order valence-corrected chi connectivity index (χ1v) is 7.37. The minimum Gasteiger partial charge on any atom is -0.377 e. The van der Waals surface area contributed by atoms with Gasteiger partial charge in [-0.05, 0) is 45.1 Å². The predicted octanol–water partition coefficient (Wildman–Crippen LogP) is 1.88. The molecule has 1 heterocycles. The van der Waals surface area contributed by atoms with E-state index in [1.165, 1.54) is 45.3 Å². The highest BCUT2D eigenvalue weighted by molar-refractivity contribution is 4.79. The Morgan fingerprint density at radius 3 is 2.76 bits per heavy atom. The largest absolute Gasteiger partial charge is 0.377 e. The second-order valence-electron chi connectivity index (χ2n) is 5.63. The number of ether oxygens (including phenoxy) is 1. The van der Waals surface area contributed by atoms with Crippen molar-refractivity contribution < 1.29 is 4.74 Å². The summed E-state index contributed by atoms with van der Waals surface area (Å²) in [5.41, 5.74) is 0. The molecule has 3 heteroatoms. The Labute approximate surface area is 106 Å². The molecule has 1 saturated carbocycles. The SMILES string of the molecule is CCN(CCNC(C)C1CCCO1)CC1CC1. The van der Waals surface area contributed by atoms with Crippen LogP contribution in [0, 0.1) is 5.92 Å². The van der Waals surface area contributed by atoms with Crippen molar-refractivity contribution >= 4 is 0 Å². The first-order chi connectivity index (χ1) is 8.29. The van der Waals surface area contributed by atoms with Crippen molar-refractivity contribution in [2.75, 3.05) is 32.8 Å². The molecule has 2 aliphatic rings. The molecule has 0 aromatic heterocycles. The molecule has 2 atom stereocenters. The van der Waals surface area contributed by atoms with Gasteiger partial charge in [-0.3, -0.25) is 0 Å². The molecule has 2 unspecified atom stereocenters. The third-order valence-corrected chi connectivity index (χ3v) is 4.08. The molecule has 0 amide bonds. The fraction of sp³-hybridized carbons (Fsp3) is 1.00. The van der Waals surface area contributed by atoms with Crippen molar-refractivity contribution in [1.82, 2.24) is 10.2 Å². The van der Waals surface area contributed by atoms with Crippen LogP contribution in [0.1, 0.15) is 39.5 Å². The molecule has 1 saturated heterocycles. The number of nitrogens with zero attached hydrogens (tertiary/aromatic N) is 1. The maximum atomic E-state index is 5.70. The van der Waals surface area contributed by atoms with E-state index in [4.69, 9.17) is 4.74 Å². The highest BCUT2D eigenvalue weighted by Crippen LogP contribution is 2.29. The van der Waals surface area contributed by atoms with Gasteiger partial charge in [0.25, 0.3) is 0 Å². The molecule has 1 aliphatic heterocycles. The number of rotatable bonds is 8. The molecule has 0 aromatic carbocycles. The first kappa shape index (κ1) is 13.3. The van der Waals surface area contributed by atoms with Gasteiger partial charge in [-0.1, -0.05) is 6.92 Å². The predicted molar refractivity (Wildman–Crippen MR) is 71.3 cm³/mol. The standard InChI is InChI=1S/C14H28N2O/c1-3-16(11-13-6-7-13)9-8-15-12(2)14-5-4-10-17-14/h12-15H,3-11H2,1-2H3. The summed E-state index contributed by atoms with van der Waals surface area (Å²) >= 11 is 0.